The summed E-state index contributed by atoms with van der Waals surface area (Å²) in [5, 5.41) is 0. The second kappa shape index (κ2) is 4.39. The van der Waals surface area contributed by atoms with Crippen LogP contribution in [0, 0.1) is 5.92 Å². The van der Waals surface area contributed by atoms with Gasteiger partial charge in [0.15, 0.2) is 9.84 Å². The predicted octanol–water partition coefficient (Wildman–Crippen LogP) is 0.0902. The number of hydrogen-bond acceptors (Lipinski definition) is 4. The Balaban J connectivity index is 2.79. The maximum Gasteiger partial charge on any atom is 0.152 e. The van der Waals surface area contributed by atoms with Gasteiger partial charge in [-0.25, -0.2) is 8.42 Å². The maximum atomic E-state index is 11.5. The van der Waals surface area contributed by atoms with Crippen LogP contribution in [0.25, 0.3) is 0 Å². The van der Waals surface area contributed by atoms with Gasteiger partial charge < -0.3 is 5.73 Å². The Morgan fingerprint density at radius 3 is 2.40 bits per heavy atom. The number of rotatable bonds is 4. The highest BCUT2D eigenvalue weighted by molar-refractivity contribution is 7.91. The minimum Gasteiger partial charge on any atom is -0.329 e. The summed E-state index contributed by atoms with van der Waals surface area (Å²) in [5.41, 5.74) is 5.44. The summed E-state index contributed by atoms with van der Waals surface area (Å²) >= 11 is 0. The highest BCUT2D eigenvalue weighted by atomic mass is 32.2. The van der Waals surface area contributed by atoms with Crippen molar-refractivity contribution in [2.45, 2.75) is 25.8 Å². The summed E-state index contributed by atoms with van der Waals surface area (Å²) in [7, 11) is -0.889. The van der Waals surface area contributed by atoms with Gasteiger partial charge in [0.05, 0.1) is 11.5 Å². The van der Waals surface area contributed by atoms with E-state index in [-0.39, 0.29) is 17.0 Å². The largest absolute Gasteiger partial charge is 0.329 e. The number of hydrogen-bond donors (Lipinski definition) is 1. The fraction of sp³-hybridized carbons (Fsp3) is 1.00. The van der Waals surface area contributed by atoms with Crippen molar-refractivity contribution in [3.05, 3.63) is 0 Å². The van der Waals surface area contributed by atoms with E-state index in [0.717, 1.165) is 6.54 Å². The van der Waals surface area contributed by atoms with Gasteiger partial charge in [-0.05, 0) is 19.4 Å². The first-order chi connectivity index (χ1) is 6.81. The molecule has 0 saturated carbocycles. The van der Waals surface area contributed by atoms with E-state index < -0.39 is 9.84 Å². The minimum absolute atomic E-state index is 0.222. The van der Waals surface area contributed by atoms with Gasteiger partial charge in [0.1, 0.15) is 0 Å². The van der Waals surface area contributed by atoms with E-state index >= 15 is 0 Å². The molecule has 5 heteroatoms. The van der Waals surface area contributed by atoms with Gasteiger partial charge in [-0.2, -0.15) is 0 Å². The van der Waals surface area contributed by atoms with E-state index in [0.29, 0.717) is 18.9 Å². The standard InChI is InChI=1S/C10H22N2O2S/c1-9(2)6-12(3)10(7-11)4-5-15(13,14)8-10/h9H,4-8,11H2,1-3H3. The summed E-state index contributed by atoms with van der Waals surface area (Å²) < 4.78 is 23.0. The zero-order valence-corrected chi connectivity index (χ0v) is 10.7. The Morgan fingerprint density at radius 1 is 1.47 bits per heavy atom. The van der Waals surface area contributed by atoms with Gasteiger partial charge in [0.25, 0.3) is 0 Å². The van der Waals surface area contributed by atoms with Crippen molar-refractivity contribution < 1.29 is 8.42 Å². The molecule has 1 aliphatic rings. The molecule has 1 aliphatic heterocycles. The third-order valence-corrected chi connectivity index (χ3v) is 5.00. The molecule has 4 nitrogen and oxygen atoms in total. The lowest BCUT2D eigenvalue weighted by Gasteiger charge is -2.37. The molecule has 15 heavy (non-hydrogen) atoms. The third kappa shape index (κ3) is 2.92. The van der Waals surface area contributed by atoms with E-state index in [1.165, 1.54) is 0 Å². The van der Waals surface area contributed by atoms with Crippen LogP contribution in [0.1, 0.15) is 20.3 Å². The van der Waals surface area contributed by atoms with Gasteiger partial charge >= 0.3 is 0 Å². The average Bonchev–Trinajstić information content (AvgIpc) is 2.42. The molecule has 2 N–H and O–H groups in total. The van der Waals surface area contributed by atoms with Crippen molar-refractivity contribution in [3.63, 3.8) is 0 Å². The molecular weight excluding hydrogens is 212 g/mol. The Labute approximate surface area is 92.7 Å². The Kier molecular flexibility index (Phi) is 3.79. The van der Waals surface area contributed by atoms with Crippen molar-refractivity contribution in [1.82, 2.24) is 4.90 Å². The molecule has 0 aliphatic carbocycles. The zero-order valence-electron chi connectivity index (χ0n) is 9.86. The molecule has 0 bridgehead atoms. The highest BCUT2D eigenvalue weighted by Crippen LogP contribution is 2.28. The molecule has 0 aromatic heterocycles. The SMILES string of the molecule is CC(C)CN(C)C1(CN)CCS(=O)(=O)C1. The highest BCUT2D eigenvalue weighted by Gasteiger charge is 2.44. The van der Waals surface area contributed by atoms with Gasteiger partial charge in [0, 0.05) is 18.6 Å². The summed E-state index contributed by atoms with van der Waals surface area (Å²) in [6.45, 7) is 5.58. The van der Waals surface area contributed by atoms with Crippen LogP contribution in [-0.2, 0) is 9.84 Å². The van der Waals surface area contributed by atoms with Crippen molar-refractivity contribution in [1.29, 1.82) is 0 Å². The van der Waals surface area contributed by atoms with E-state index in [2.05, 4.69) is 18.7 Å². The quantitative estimate of drug-likeness (QED) is 0.749. The van der Waals surface area contributed by atoms with Crippen LogP contribution in [0.3, 0.4) is 0 Å². The normalized spacial score (nSPS) is 30.3. The van der Waals surface area contributed by atoms with Crippen molar-refractivity contribution >= 4 is 9.84 Å². The first-order valence-electron chi connectivity index (χ1n) is 5.43. The fourth-order valence-corrected chi connectivity index (χ4v) is 4.40. The third-order valence-electron chi connectivity index (χ3n) is 3.20. The van der Waals surface area contributed by atoms with Crippen molar-refractivity contribution in [3.8, 4) is 0 Å². The van der Waals surface area contributed by atoms with Crippen LogP contribution in [0.4, 0.5) is 0 Å². The molecule has 0 radical (unpaired) electrons. The fourth-order valence-electron chi connectivity index (χ4n) is 2.26. The second-order valence-corrected chi connectivity index (χ2v) is 7.23. The molecule has 90 valence electrons. The molecule has 0 aromatic carbocycles. The Hall–Kier alpha value is -0.130. The molecule has 1 heterocycles. The minimum atomic E-state index is -2.87. The van der Waals surface area contributed by atoms with Crippen LogP contribution >= 0.6 is 0 Å². The maximum absolute atomic E-state index is 11.5. The van der Waals surface area contributed by atoms with Crippen LogP contribution in [-0.4, -0.2) is 50.5 Å². The molecule has 0 spiro atoms. The second-order valence-electron chi connectivity index (χ2n) is 5.04. The lowest BCUT2D eigenvalue weighted by molar-refractivity contribution is 0.135. The number of sulfone groups is 1. The molecule has 1 atom stereocenters. The first-order valence-corrected chi connectivity index (χ1v) is 7.25. The zero-order chi connectivity index (χ0) is 11.7. The number of likely N-dealkylation sites (N-methyl/N-ethyl adjacent to an activating group) is 1. The summed E-state index contributed by atoms with van der Waals surface area (Å²) in [6.07, 6.45) is 0.676. The predicted molar refractivity (Wildman–Crippen MR) is 62.5 cm³/mol. The molecule has 0 amide bonds. The lowest BCUT2D eigenvalue weighted by Crippen LogP contribution is -2.54. The van der Waals surface area contributed by atoms with Crippen molar-refractivity contribution in [2.24, 2.45) is 11.7 Å². The smallest absolute Gasteiger partial charge is 0.152 e. The molecule has 1 fully saturated rings. The van der Waals surface area contributed by atoms with Crippen LogP contribution in [0.5, 0.6) is 0 Å². The van der Waals surface area contributed by atoms with E-state index in [9.17, 15) is 8.42 Å². The van der Waals surface area contributed by atoms with E-state index in [4.69, 9.17) is 5.73 Å². The molecule has 1 rings (SSSR count). The van der Waals surface area contributed by atoms with Crippen LogP contribution < -0.4 is 5.73 Å². The van der Waals surface area contributed by atoms with Crippen LogP contribution in [0.2, 0.25) is 0 Å². The molecular formula is C10H22N2O2S. The van der Waals surface area contributed by atoms with Gasteiger partial charge in [-0.1, -0.05) is 13.8 Å². The summed E-state index contributed by atoms with van der Waals surface area (Å²) in [4.78, 5) is 2.13. The monoisotopic (exact) mass is 234 g/mol. The first kappa shape index (κ1) is 12.9. The summed E-state index contributed by atoms with van der Waals surface area (Å²) in [5.74, 6) is 1.04. The number of nitrogens with two attached hydrogens (primary N) is 1. The Bertz CT molecular complexity index is 313. The Morgan fingerprint density at radius 2 is 2.07 bits per heavy atom. The van der Waals surface area contributed by atoms with Crippen LogP contribution in [0.15, 0.2) is 0 Å². The molecule has 1 unspecified atom stereocenters. The van der Waals surface area contributed by atoms with Gasteiger partial charge in [-0.3, -0.25) is 4.90 Å². The summed E-state index contributed by atoms with van der Waals surface area (Å²) in [6, 6.07) is 0. The molecule has 1 saturated heterocycles. The van der Waals surface area contributed by atoms with Gasteiger partial charge in [0.2, 0.25) is 0 Å². The lowest BCUT2D eigenvalue weighted by atomic mass is 9.96. The number of nitrogens with zero attached hydrogens (tertiary/aromatic N) is 1. The van der Waals surface area contributed by atoms with Crippen molar-refractivity contribution in [2.75, 3.05) is 31.6 Å². The molecule has 0 aromatic rings. The van der Waals surface area contributed by atoms with E-state index in [1.807, 2.05) is 7.05 Å². The van der Waals surface area contributed by atoms with Gasteiger partial charge in [-0.15, -0.1) is 0 Å². The average molecular weight is 234 g/mol. The van der Waals surface area contributed by atoms with E-state index in [1.54, 1.807) is 0 Å². The topological polar surface area (TPSA) is 63.4 Å².